The number of rotatable bonds is 14. The van der Waals surface area contributed by atoms with Gasteiger partial charge in [-0.3, -0.25) is 14.2 Å². The van der Waals surface area contributed by atoms with Gasteiger partial charge in [0.15, 0.2) is 0 Å². The van der Waals surface area contributed by atoms with E-state index in [0.717, 1.165) is 7.11 Å². The molecule has 31 heavy (non-hydrogen) atoms. The Hall–Kier alpha value is -1.96. The minimum atomic E-state index is -4.15. The highest BCUT2D eigenvalue weighted by molar-refractivity contribution is 7.96. The molecule has 0 saturated carbocycles. The summed E-state index contributed by atoms with van der Waals surface area (Å²) in [4.78, 5) is 45.9. The number of methoxy groups -OCH3 is 1. The van der Waals surface area contributed by atoms with Gasteiger partial charge in [-0.15, -0.1) is 0 Å². The number of amides is 2. The third-order valence-corrected chi connectivity index (χ3v) is 9.05. The number of nitriles is 1. The van der Waals surface area contributed by atoms with E-state index in [1.54, 1.807) is 13.0 Å². The minimum Gasteiger partial charge on any atom is -0.467 e. The van der Waals surface area contributed by atoms with E-state index in [9.17, 15) is 28.1 Å². The van der Waals surface area contributed by atoms with Crippen molar-refractivity contribution in [2.75, 3.05) is 24.8 Å². The smallest absolute Gasteiger partial charge is 0.328 e. The van der Waals surface area contributed by atoms with Crippen molar-refractivity contribution in [1.29, 1.82) is 5.26 Å². The van der Waals surface area contributed by atoms with Gasteiger partial charge in [-0.2, -0.15) is 9.40 Å². The topological polar surface area (TPSA) is 175 Å². The lowest BCUT2D eigenvalue weighted by molar-refractivity contribution is -0.145. The lowest BCUT2D eigenvalue weighted by Crippen LogP contribution is -2.51. The zero-order chi connectivity index (χ0) is 24.1. The molecular weight excluding hydrogens is 447 g/mol. The summed E-state index contributed by atoms with van der Waals surface area (Å²) in [7, 11) is -6.20. The molecule has 0 saturated heterocycles. The molecule has 0 aromatic carbocycles. The predicted molar refractivity (Wildman–Crippen MR) is 117 cm³/mol. The Morgan fingerprint density at radius 1 is 1.26 bits per heavy atom. The summed E-state index contributed by atoms with van der Waals surface area (Å²) in [5, 5.41) is 13.5. The number of nitrogens with zero attached hydrogens (tertiary/aromatic N) is 2. The molecule has 11 nitrogen and oxygen atoms in total. The lowest BCUT2D eigenvalue weighted by Gasteiger charge is -2.21. The van der Waals surface area contributed by atoms with Crippen LogP contribution in [-0.2, 0) is 33.4 Å². The van der Waals surface area contributed by atoms with Gasteiger partial charge in [0.25, 0.3) is 0 Å². The molecular formula is C18H33N4O7PS. The zero-order valence-electron chi connectivity index (χ0n) is 18.5. The van der Waals surface area contributed by atoms with Gasteiger partial charge in [0, 0.05) is 24.3 Å². The lowest BCUT2D eigenvalue weighted by atomic mass is 10.2. The number of carbonyl (C=O) groups is 3. The van der Waals surface area contributed by atoms with E-state index in [0.29, 0.717) is 12.8 Å². The van der Waals surface area contributed by atoms with Gasteiger partial charge in [-0.1, -0.05) is 20.3 Å². The fourth-order valence-electron chi connectivity index (χ4n) is 2.42. The number of carbonyl (C=O) groups excluding carboxylic acids is 3. The van der Waals surface area contributed by atoms with Gasteiger partial charge in [0.05, 0.1) is 29.1 Å². The molecule has 0 bridgehead atoms. The summed E-state index contributed by atoms with van der Waals surface area (Å²) in [6, 6.07) is -0.326. The predicted octanol–water partition coefficient (Wildman–Crippen LogP) is 1.32. The van der Waals surface area contributed by atoms with Gasteiger partial charge < -0.3 is 20.3 Å². The maximum absolute atomic E-state index is 13.2. The number of esters is 1. The van der Waals surface area contributed by atoms with Crippen LogP contribution in [-0.4, -0.2) is 63.7 Å². The zero-order valence-corrected chi connectivity index (χ0v) is 20.2. The van der Waals surface area contributed by atoms with E-state index in [4.69, 9.17) is 10.00 Å². The highest BCUT2D eigenvalue weighted by atomic mass is 32.2. The fourth-order valence-corrected chi connectivity index (χ4v) is 7.20. The molecule has 2 amide bonds. The van der Waals surface area contributed by atoms with E-state index in [-0.39, 0.29) is 36.7 Å². The van der Waals surface area contributed by atoms with Crippen LogP contribution >= 0.6 is 7.52 Å². The number of nitrogens with one attached hydrogen (secondary N) is 2. The molecule has 0 aliphatic carbocycles. The van der Waals surface area contributed by atoms with Crippen LogP contribution in [0.25, 0.3) is 0 Å². The van der Waals surface area contributed by atoms with Crippen molar-refractivity contribution in [3.63, 3.8) is 0 Å². The Labute approximate surface area is 184 Å². The van der Waals surface area contributed by atoms with Crippen molar-refractivity contribution in [3.05, 3.63) is 0 Å². The first-order valence-corrected chi connectivity index (χ1v) is 13.7. The number of ether oxygens (including phenoxy) is 1. The monoisotopic (exact) mass is 480 g/mol. The maximum Gasteiger partial charge on any atom is 0.328 e. The summed E-state index contributed by atoms with van der Waals surface area (Å²) in [5.74, 6) is -1.92. The van der Waals surface area contributed by atoms with Crippen molar-refractivity contribution in [1.82, 2.24) is 10.6 Å². The maximum atomic E-state index is 13.2. The molecule has 13 heteroatoms. The third kappa shape index (κ3) is 11.9. The molecule has 0 aliphatic rings. The molecule has 0 spiro atoms. The van der Waals surface area contributed by atoms with Gasteiger partial charge in [-0.05, 0) is 19.8 Å². The average molecular weight is 481 g/mol. The van der Waals surface area contributed by atoms with E-state index in [2.05, 4.69) is 14.8 Å². The second-order valence-electron chi connectivity index (χ2n) is 6.93. The standard InChI is InChI=1S/C18H33N4O7PS/c1-5-7-12-31(28,22-30(26,27)11-8-10-19)13-9-15(18(25)29-4)21-17(24)14(3)20-16(23)6-2/h14-15H,5-9,11-13H2,1-4H3,(H,20,23)(H,21,24)(H,26,27)/t14-,15-,31?/m0/s1. The molecule has 0 heterocycles. The normalized spacial score (nSPS) is 16.5. The minimum absolute atomic E-state index is 0.0470. The van der Waals surface area contributed by atoms with Crippen LogP contribution in [0.2, 0.25) is 0 Å². The molecule has 0 fully saturated rings. The SMILES string of the molecule is CCCCS(=O)(CC[C@H](NC(=O)[C@H](C)NC(=O)CC)C(=O)OC)=NP(=O)(O)CCC#N. The van der Waals surface area contributed by atoms with E-state index in [1.165, 1.54) is 6.92 Å². The van der Waals surface area contributed by atoms with E-state index >= 15 is 0 Å². The van der Waals surface area contributed by atoms with Crippen molar-refractivity contribution in [2.45, 2.75) is 65.0 Å². The van der Waals surface area contributed by atoms with Crippen molar-refractivity contribution < 1.29 is 32.8 Å². The Morgan fingerprint density at radius 3 is 2.42 bits per heavy atom. The van der Waals surface area contributed by atoms with Crippen LogP contribution in [0.15, 0.2) is 4.13 Å². The van der Waals surface area contributed by atoms with Crippen LogP contribution < -0.4 is 10.6 Å². The third-order valence-electron chi connectivity index (χ3n) is 4.23. The quantitative estimate of drug-likeness (QED) is 0.246. The van der Waals surface area contributed by atoms with Gasteiger partial charge in [0.1, 0.15) is 12.1 Å². The largest absolute Gasteiger partial charge is 0.467 e. The van der Waals surface area contributed by atoms with Gasteiger partial charge in [0.2, 0.25) is 11.8 Å². The number of unbranched alkanes of at least 4 members (excludes halogenated alkanes) is 1. The average Bonchev–Trinajstić information content (AvgIpc) is 2.72. The van der Waals surface area contributed by atoms with Crippen molar-refractivity contribution in [2.24, 2.45) is 4.13 Å². The van der Waals surface area contributed by atoms with Crippen LogP contribution in [0.4, 0.5) is 0 Å². The first-order valence-electron chi connectivity index (χ1n) is 10.0. The Morgan fingerprint density at radius 2 is 1.90 bits per heavy atom. The fraction of sp³-hybridized carbons (Fsp3) is 0.778. The first kappa shape index (κ1) is 29.0. The summed E-state index contributed by atoms with van der Waals surface area (Å²) in [6.45, 7) is 4.94. The highest BCUT2D eigenvalue weighted by Crippen LogP contribution is 2.44. The summed E-state index contributed by atoms with van der Waals surface area (Å²) >= 11 is 0. The Balaban J connectivity index is 5.53. The molecule has 0 rings (SSSR count). The first-order chi connectivity index (χ1) is 14.4. The highest BCUT2D eigenvalue weighted by Gasteiger charge is 2.28. The van der Waals surface area contributed by atoms with Crippen molar-refractivity contribution in [3.8, 4) is 6.07 Å². The van der Waals surface area contributed by atoms with Gasteiger partial charge in [-0.25, -0.2) is 9.00 Å². The van der Waals surface area contributed by atoms with E-state index in [1.807, 2.05) is 6.92 Å². The molecule has 0 aromatic heterocycles. The Kier molecular flexibility index (Phi) is 13.3. The Bertz CT molecular complexity index is 833. The van der Waals surface area contributed by atoms with Crippen LogP contribution in [0.1, 0.15) is 52.9 Å². The summed E-state index contributed by atoms with van der Waals surface area (Å²) in [5.41, 5.74) is 0. The summed E-state index contributed by atoms with van der Waals surface area (Å²) < 4.78 is 33.9. The van der Waals surface area contributed by atoms with Crippen LogP contribution in [0.5, 0.6) is 0 Å². The molecule has 0 aromatic rings. The van der Waals surface area contributed by atoms with Crippen LogP contribution in [0, 0.1) is 11.3 Å². The second-order valence-corrected chi connectivity index (χ2v) is 11.7. The number of hydrogen-bond acceptors (Lipinski definition) is 7. The molecule has 2 unspecified atom stereocenters. The molecule has 178 valence electrons. The second kappa shape index (κ2) is 14.2. The molecule has 4 atom stereocenters. The molecule has 0 radical (unpaired) electrons. The molecule has 0 aliphatic heterocycles. The van der Waals surface area contributed by atoms with Crippen molar-refractivity contribution >= 4 is 35.0 Å². The molecule has 3 N–H and O–H groups in total. The van der Waals surface area contributed by atoms with Crippen LogP contribution in [0.3, 0.4) is 0 Å². The number of hydrogen-bond donors (Lipinski definition) is 3. The summed E-state index contributed by atoms with van der Waals surface area (Å²) in [6.07, 6.45) is 0.590. The van der Waals surface area contributed by atoms with Gasteiger partial charge >= 0.3 is 13.5 Å². The van der Waals surface area contributed by atoms with E-state index < -0.39 is 47.4 Å².